The largest absolute Gasteiger partial charge is 0.366 e. The number of fused-ring (bicyclic) bond motifs is 2. The van der Waals surface area contributed by atoms with E-state index in [1.807, 2.05) is 49.0 Å². The van der Waals surface area contributed by atoms with Crippen molar-refractivity contribution in [1.82, 2.24) is 38.7 Å². The van der Waals surface area contributed by atoms with Crippen LogP contribution in [0.2, 0.25) is 0 Å². The van der Waals surface area contributed by atoms with Gasteiger partial charge in [-0.05, 0) is 83.0 Å². The molecule has 53 heavy (non-hydrogen) atoms. The maximum Gasteiger partial charge on any atom is 0.276 e. The Morgan fingerprint density at radius 1 is 0.774 bits per heavy atom. The Labute approximate surface area is 304 Å². The Bertz CT molecular complexity index is 2360. The summed E-state index contributed by atoms with van der Waals surface area (Å²) in [6.45, 7) is 9.23. The van der Waals surface area contributed by atoms with Gasteiger partial charge in [-0.1, -0.05) is 6.07 Å². The van der Waals surface area contributed by atoms with Crippen molar-refractivity contribution in [3.05, 3.63) is 76.9 Å². The lowest BCUT2D eigenvalue weighted by atomic mass is 10.2. The van der Waals surface area contributed by atoms with Gasteiger partial charge in [0.25, 0.3) is 11.8 Å². The van der Waals surface area contributed by atoms with Gasteiger partial charge in [-0.25, -0.2) is 9.97 Å². The molecule has 2 aromatic carbocycles. The van der Waals surface area contributed by atoms with Gasteiger partial charge in [0.05, 0.1) is 40.2 Å². The molecule has 6 rings (SSSR count). The molecule has 0 atom stereocenters. The van der Waals surface area contributed by atoms with Crippen LogP contribution >= 0.6 is 0 Å². The molecular weight excluding hydrogens is 678 g/mol. The first-order chi connectivity index (χ1) is 25.4. The Morgan fingerprint density at radius 2 is 1.34 bits per heavy atom. The van der Waals surface area contributed by atoms with E-state index in [-0.39, 0.29) is 24.3 Å². The molecule has 0 aliphatic heterocycles. The van der Waals surface area contributed by atoms with Crippen LogP contribution in [0.4, 0.5) is 17.6 Å². The van der Waals surface area contributed by atoms with E-state index in [1.54, 1.807) is 52.8 Å². The normalized spacial score (nSPS) is 11.4. The van der Waals surface area contributed by atoms with Gasteiger partial charge >= 0.3 is 0 Å². The van der Waals surface area contributed by atoms with Crippen molar-refractivity contribution in [2.45, 2.75) is 66.7 Å². The number of imidazole rings is 2. The highest BCUT2D eigenvalue weighted by atomic mass is 16.2. The SMILES string of the molecule is CCn1nc(C)cc1C(=O)Nc1nc2cc(C(N)=O)ccc2n1CCCCn1c(NC(=O)c2cc(C)nn2CC)nc2c(N(C)C(=O)CN)cccc21. The van der Waals surface area contributed by atoms with Gasteiger partial charge in [0.1, 0.15) is 16.9 Å². The summed E-state index contributed by atoms with van der Waals surface area (Å²) in [6.07, 6.45) is 1.24. The number of primary amides is 1. The molecule has 0 spiro atoms. The summed E-state index contributed by atoms with van der Waals surface area (Å²) in [6, 6.07) is 13.9. The molecule has 0 unspecified atom stereocenters. The number of carbonyl (C=O) groups excluding carboxylic acids is 4. The molecule has 4 amide bonds. The Kier molecular flexibility index (Phi) is 10.4. The number of hydrogen-bond donors (Lipinski definition) is 4. The number of para-hydroxylation sites is 1. The second-order valence-electron chi connectivity index (χ2n) is 12.6. The number of aryl methyl sites for hydroxylation is 6. The Hall–Kier alpha value is -6.36. The van der Waals surface area contributed by atoms with Crippen molar-refractivity contribution < 1.29 is 19.2 Å². The van der Waals surface area contributed by atoms with E-state index < -0.39 is 5.91 Å². The number of nitrogens with two attached hydrogens (primary N) is 2. The smallest absolute Gasteiger partial charge is 0.276 e. The third kappa shape index (κ3) is 7.23. The zero-order valence-electron chi connectivity index (χ0n) is 30.4. The fourth-order valence-electron chi connectivity index (χ4n) is 6.41. The first-order valence-corrected chi connectivity index (χ1v) is 17.4. The van der Waals surface area contributed by atoms with Crippen LogP contribution in [0.5, 0.6) is 0 Å². The molecule has 0 aliphatic rings. The summed E-state index contributed by atoms with van der Waals surface area (Å²) in [4.78, 5) is 62.5. The number of unbranched alkanes of at least 4 members (excludes halogenated alkanes) is 1. The third-order valence-corrected chi connectivity index (χ3v) is 9.03. The van der Waals surface area contributed by atoms with Gasteiger partial charge in [0.15, 0.2) is 0 Å². The molecule has 0 fully saturated rings. The van der Waals surface area contributed by atoms with Crippen molar-refractivity contribution in [2.24, 2.45) is 11.5 Å². The average molecular weight is 722 g/mol. The van der Waals surface area contributed by atoms with Crippen LogP contribution < -0.4 is 27.0 Å². The predicted octanol–water partition coefficient (Wildman–Crippen LogP) is 3.44. The van der Waals surface area contributed by atoms with Gasteiger partial charge in [-0.15, -0.1) is 0 Å². The van der Waals surface area contributed by atoms with E-state index in [1.165, 1.54) is 4.90 Å². The molecule has 4 heterocycles. The summed E-state index contributed by atoms with van der Waals surface area (Å²) in [5, 5.41) is 14.7. The summed E-state index contributed by atoms with van der Waals surface area (Å²) in [5.41, 5.74) is 16.8. The molecule has 6 aromatic rings. The van der Waals surface area contributed by atoms with Crippen LogP contribution in [0, 0.1) is 13.8 Å². The molecule has 17 heteroatoms. The number of aromatic nitrogens is 8. The topological polar surface area (TPSA) is 219 Å². The van der Waals surface area contributed by atoms with E-state index >= 15 is 0 Å². The molecule has 0 aliphatic carbocycles. The minimum absolute atomic E-state index is 0.172. The van der Waals surface area contributed by atoms with Gasteiger partial charge in [0, 0.05) is 38.8 Å². The number of rotatable bonds is 14. The Morgan fingerprint density at radius 3 is 1.89 bits per heavy atom. The summed E-state index contributed by atoms with van der Waals surface area (Å²) >= 11 is 0. The van der Waals surface area contributed by atoms with Crippen LogP contribution in [-0.2, 0) is 31.0 Å². The van der Waals surface area contributed by atoms with Crippen molar-refractivity contribution >= 4 is 63.3 Å². The zero-order chi connectivity index (χ0) is 38.0. The molecule has 276 valence electrons. The number of amides is 4. The lowest BCUT2D eigenvalue weighted by Crippen LogP contribution is -2.32. The van der Waals surface area contributed by atoms with Crippen molar-refractivity contribution in [2.75, 3.05) is 29.1 Å². The predicted molar refractivity (Wildman–Crippen MR) is 201 cm³/mol. The lowest BCUT2D eigenvalue weighted by molar-refractivity contribution is -0.117. The summed E-state index contributed by atoms with van der Waals surface area (Å²) < 4.78 is 7.07. The standard InChI is InChI=1S/C36H43N13O4/c1-6-48-28(17-21(3)43-48)33(52)41-35-39-24-19-23(32(38)51)13-14-25(24)46(35)15-8-9-16-47-27-12-10-11-26(45(5)30(50)20-37)31(27)40-36(47)42-34(53)29-18-22(4)44-49(29)7-2/h10-14,17-19H,6-9,15-16,20,37H2,1-5H3,(H2,38,51)(H,39,41,52)(H,40,42,53). The highest BCUT2D eigenvalue weighted by Crippen LogP contribution is 2.30. The number of nitrogens with zero attached hydrogens (tertiary/aromatic N) is 9. The molecule has 0 saturated carbocycles. The molecule has 0 bridgehead atoms. The van der Waals surface area contributed by atoms with Crippen LogP contribution in [0.1, 0.15) is 69.4 Å². The zero-order valence-corrected chi connectivity index (χ0v) is 30.4. The highest BCUT2D eigenvalue weighted by molar-refractivity contribution is 6.06. The van der Waals surface area contributed by atoms with E-state index in [2.05, 4.69) is 25.8 Å². The number of anilines is 3. The second kappa shape index (κ2) is 15.1. The molecule has 17 nitrogen and oxygen atoms in total. The number of nitrogens with one attached hydrogen (secondary N) is 2. The first kappa shape index (κ1) is 36.4. The third-order valence-electron chi connectivity index (χ3n) is 9.03. The number of hydrogen-bond acceptors (Lipinski definition) is 9. The van der Waals surface area contributed by atoms with Crippen LogP contribution in [0.15, 0.2) is 48.5 Å². The summed E-state index contributed by atoms with van der Waals surface area (Å²) in [7, 11) is 1.64. The fraction of sp³-hybridized carbons (Fsp3) is 0.333. The van der Waals surface area contributed by atoms with Gasteiger partial charge in [-0.3, -0.25) is 39.2 Å². The minimum atomic E-state index is -0.583. The molecular formula is C36H43N13O4. The number of likely N-dealkylation sites (N-methyl/N-ethyl adjacent to an activating group) is 1. The molecule has 4 aromatic heterocycles. The summed E-state index contributed by atoms with van der Waals surface area (Å²) in [5.74, 6) is -0.965. The van der Waals surface area contributed by atoms with Crippen LogP contribution in [-0.4, -0.2) is 75.9 Å². The van der Waals surface area contributed by atoms with Crippen molar-refractivity contribution in [3.8, 4) is 0 Å². The van der Waals surface area contributed by atoms with E-state index in [0.717, 1.165) is 11.2 Å². The molecule has 0 radical (unpaired) electrons. The fourth-order valence-corrected chi connectivity index (χ4v) is 6.41. The molecule has 0 saturated heterocycles. The van der Waals surface area contributed by atoms with Crippen LogP contribution in [0.3, 0.4) is 0 Å². The van der Waals surface area contributed by atoms with Crippen molar-refractivity contribution in [1.29, 1.82) is 0 Å². The average Bonchev–Trinajstić information content (AvgIpc) is 3.91. The second-order valence-corrected chi connectivity index (χ2v) is 12.6. The minimum Gasteiger partial charge on any atom is -0.366 e. The van der Waals surface area contributed by atoms with E-state index in [9.17, 15) is 19.2 Å². The van der Waals surface area contributed by atoms with E-state index in [4.69, 9.17) is 16.5 Å². The number of carbonyl (C=O) groups is 4. The highest BCUT2D eigenvalue weighted by Gasteiger charge is 2.23. The van der Waals surface area contributed by atoms with Gasteiger partial charge in [-0.2, -0.15) is 10.2 Å². The lowest BCUT2D eigenvalue weighted by Gasteiger charge is -2.17. The molecule has 6 N–H and O–H groups in total. The quantitative estimate of drug-likeness (QED) is 0.121. The first-order valence-electron chi connectivity index (χ1n) is 17.4. The Balaban J connectivity index is 1.30. The van der Waals surface area contributed by atoms with Crippen LogP contribution in [0.25, 0.3) is 22.1 Å². The maximum atomic E-state index is 13.6. The van der Waals surface area contributed by atoms with Gasteiger partial charge < -0.3 is 25.5 Å². The van der Waals surface area contributed by atoms with E-state index in [0.29, 0.717) is 95.8 Å². The maximum absolute atomic E-state index is 13.6. The monoisotopic (exact) mass is 721 g/mol. The van der Waals surface area contributed by atoms with Crippen molar-refractivity contribution in [3.63, 3.8) is 0 Å². The number of benzene rings is 2. The van der Waals surface area contributed by atoms with Gasteiger partial charge in [0.2, 0.25) is 23.7 Å².